The highest BCUT2D eigenvalue weighted by Gasteiger charge is 2.17. The van der Waals surface area contributed by atoms with Gasteiger partial charge in [0.1, 0.15) is 5.82 Å². The summed E-state index contributed by atoms with van der Waals surface area (Å²) in [6, 6.07) is 6.39. The number of benzene rings is 1. The number of hydrogen-bond donors (Lipinski definition) is 1. The molecule has 0 saturated carbocycles. The molecule has 0 bridgehead atoms. The van der Waals surface area contributed by atoms with Crippen LogP contribution in [0.3, 0.4) is 0 Å². The van der Waals surface area contributed by atoms with E-state index in [1.165, 1.54) is 12.1 Å². The van der Waals surface area contributed by atoms with Gasteiger partial charge in [-0.3, -0.25) is 0 Å². The van der Waals surface area contributed by atoms with Gasteiger partial charge in [-0.25, -0.2) is 9.07 Å². The molecular formula is C13H16FN5. The molecule has 5 nitrogen and oxygen atoms in total. The maximum Gasteiger partial charge on any atom is 0.182 e. The first-order chi connectivity index (χ1) is 9.33. The van der Waals surface area contributed by atoms with E-state index in [1.54, 1.807) is 10.7 Å². The van der Waals surface area contributed by atoms with Crippen molar-refractivity contribution in [1.82, 2.24) is 25.5 Å². The molecule has 100 valence electrons. The van der Waals surface area contributed by atoms with Crippen LogP contribution in [0.5, 0.6) is 0 Å². The predicted molar refractivity (Wildman–Crippen MR) is 68.8 cm³/mol. The summed E-state index contributed by atoms with van der Waals surface area (Å²) in [5.41, 5.74) is 0.721. The smallest absolute Gasteiger partial charge is 0.182 e. The van der Waals surface area contributed by atoms with E-state index in [0.717, 1.165) is 38.0 Å². The minimum Gasteiger partial charge on any atom is -0.317 e. The number of tetrazole rings is 1. The molecule has 0 radical (unpaired) electrons. The average Bonchev–Trinajstić information content (AvgIpc) is 2.88. The van der Waals surface area contributed by atoms with Crippen molar-refractivity contribution in [3.05, 3.63) is 30.1 Å². The van der Waals surface area contributed by atoms with Crippen molar-refractivity contribution in [2.24, 2.45) is 5.92 Å². The molecule has 1 aromatic heterocycles. The maximum atomic E-state index is 13.3. The first-order valence-electron chi connectivity index (χ1n) is 6.56. The zero-order chi connectivity index (χ0) is 13.1. The van der Waals surface area contributed by atoms with Gasteiger partial charge in [0.15, 0.2) is 5.82 Å². The highest BCUT2D eigenvalue weighted by molar-refractivity contribution is 5.54. The number of aromatic nitrogens is 4. The summed E-state index contributed by atoms with van der Waals surface area (Å²) < 4.78 is 15.0. The monoisotopic (exact) mass is 261 g/mol. The second-order valence-electron chi connectivity index (χ2n) is 4.89. The van der Waals surface area contributed by atoms with Gasteiger partial charge in [-0.05, 0) is 54.4 Å². The molecule has 1 aliphatic rings. The van der Waals surface area contributed by atoms with Crippen LogP contribution in [0.2, 0.25) is 0 Å². The summed E-state index contributed by atoms with van der Waals surface area (Å²) in [4.78, 5) is 0. The van der Waals surface area contributed by atoms with Crippen LogP contribution < -0.4 is 5.32 Å². The van der Waals surface area contributed by atoms with Gasteiger partial charge in [-0.2, -0.15) is 0 Å². The van der Waals surface area contributed by atoms with Gasteiger partial charge in [-0.1, -0.05) is 12.1 Å². The Balaban J connectivity index is 1.81. The van der Waals surface area contributed by atoms with Gasteiger partial charge in [0.2, 0.25) is 0 Å². The van der Waals surface area contributed by atoms with Crippen molar-refractivity contribution in [3.63, 3.8) is 0 Å². The van der Waals surface area contributed by atoms with E-state index in [2.05, 4.69) is 20.8 Å². The summed E-state index contributed by atoms with van der Waals surface area (Å²) in [5.74, 6) is 0.948. The van der Waals surface area contributed by atoms with Crippen LogP contribution in [0.25, 0.3) is 11.4 Å². The number of nitrogens with zero attached hydrogens (tertiary/aromatic N) is 4. The van der Waals surface area contributed by atoms with Gasteiger partial charge < -0.3 is 5.32 Å². The molecule has 1 fully saturated rings. The lowest BCUT2D eigenvalue weighted by atomic mass is 9.98. The topological polar surface area (TPSA) is 55.6 Å². The molecule has 19 heavy (non-hydrogen) atoms. The molecular weight excluding hydrogens is 245 g/mol. The lowest BCUT2D eigenvalue weighted by Crippen LogP contribution is -2.30. The lowest BCUT2D eigenvalue weighted by Gasteiger charge is -2.22. The molecule has 1 saturated heterocycles. The Morgan fingerprint density at radius 1 is 1.32 bits per heavy atom. The standard InChI is InChI=1S/C13H16FN5/c14-12-3-1-2-11(8-12)13-16-17-18-19(13)9-10-4-6-15-7-5-10/h1-3,8,10,15H,4-7,9H2. The summed E-state index contributed by atoms with van der Waals surface area (Å²) >= 11 is 0. The van der Waals surface area contributed by atoms with Crippen molar-refractivity contribution >= 4 is 0 Å². The third-order valence-electron chi connectivity index (χ3n) is 3.50. The van der Waals surface area contributed by atoms with Gasteiger partial charge in [0.25, 0.3) is 0 Å². The number of hydrogen-bond acceptors (Lipinski definition) is 4. The molecule has 0 aliphatic carbocycles. The molecule has 2 heterocycles. The summed E-state index contributed by atoms with van der Waals surface area (Å²) in [6.07, 6.45) is 2.25. The summed E-state index contributed by atoms with van der Waals surface area (Å²) in [7, 11) is 0. The Hall–Kier alpha value is -1.82. The molecule has 2 aromatic rings. The molecule has 3 rings (SSSR count). The normalized spacial score (nSPS) is 16.7. The SMILES string of the molecule is Fc1cccc(-c2nnnn2CC2CCNCC2)c1. The Labute approximate surface area is 110 Å². The third-order valence-corrected chi connectivity index (χ3v) is 3.50. The Kier molecular flexibility index (Phi) is 3.50. The van der Waals surface area contributed by atoms with E-state index in [0.29, 0.717) is 11.7 Å². The molecule has 0 atom stereocenters. The number of piperidine rings is 1. The fourth-order valence-electron chi connectivity index (χ4n) is 2.47. The van der Waals surface area contributed by atoms with Gasteiger partial charge >= 0.3 is 0 Å². The van der Waals surface area contributed by atoms with Gasteiger partial charge in [0.05, 0.1) is 0 Å². The van der Waals surface area contributed by atoms with Crippen molar-refractivity contribution < 1.29 is 4.39 Å². The quantitative estimate of drug-likeness (QED) is 0.909. The Bertz CT molecular complexity index is 547. The van der Waals surface area contributed by atoms with Crippen molar-refractivity contribution in [2.75, 3.05) is 13.1 Å². The number of rotatable bonds is 3. The van der Waals surface area contributed by atoms with Crippen LogP contribution in [-0.2, 0) is 6.54 Å². The van der Waals surface area contributed by atoms with Gasteiger partial charge in [0, 0.05) is 12.1 Å². The largest absolute Gasteiger partial charge is 0.317 e. The van der Waals surface area contributed by atoms with E-state index >= 15 is 0 Å². The molecule has 0 unspecified atom stereocenters. The molecule has 1 aromatic carbocycles. The fraction of sp³-hybridized carbons (Fsp3) is 0.462. The second-order valence-corrected chi connectivity index (χ2v) is 4.89. The minimum atomic E-state index is -0.270. The van der Waals surface area contributed by atoms with Crippen molar-refractivity contribution in [1.29, 1.82) is 0 Å². The van der Waals surface area contributed by atoms with Crippen LogP contribution in [0.4, 0.5) is 4.39 Å². The Morgan fingerprint density at radius 3 is 2.95 bits per heavy atom. The molecule has 1 N–H and O–H groups in total. The van der Waals surface area contributed by atoms with Crippen LogP contribution in [0.15, 0.2) is 24.3 Å². The zero-order valence-electron chi connectivity index (χ0n) is 10.6. The van der Waals surface area contributed by atoms with E-state index in [1.807, 2.05) is 6.07 Å². The summed E-state index contributed by atoms with van der Waals surface area (Å²) in [6.45, 7) is 2.88. The lowest BCUT2D eigenvalue weighted by molar-refractivity contribution is 0.320. The number of halogens is 1. The van der Waals surface area contributed by atoms with Crippen molar-refractivity contribution in [3.8, 4) is 11.4 Å². The minimum absolute atomic E-state index is 0.270. The van der Waals surface area contributed by atoms with E-state index in [9.17, 15) is 4.39 Å². The highest BCUT2D eigenvalue weighted by atomic mass is 19.1. The molecule has 1 aliphatic heterocycles. The molecule has 0 amide bonds. The fourth-order valence-corrected chi connectivity index (χ4v) is 2.47. The van der Waals surface area contributed by atoms with E-state index < -0.39 is 0 Å². The van der Waals surface area contributed by atoms with Crippen LogP contribution in [0.1, 0.15) is 12.8 Å². The first-order valence-corrected chi connectivity index (χ1v) is 6.56. The Morgan fingerprint density at radius 2 is 2.16 bits per heavy atom. The molecule has 0 spiro atoms. The van der Waals surface area contributed by atoms with Crippen molar-refractivity contribution in [2.45, 2.75) is 19.4 Å². The molecule has 6 heteroatoms. The average molecular weight is 261 g/mol. The maximum absolute atomic E-state index is 13.3. The van der Waals surface area contributed by atoms with Crippen LogP contribution in [0, 0.1) is 11.7 Å². The number of nitrogens with one attached hydrogen (secondary N) is 1. The van der Waals surface area contributed by atoms with Crippen LogP contribution >= 0.6 is 0 Å². The predicted octanol–water partition coefficient (Wildman–Crippen LogP) is 1.48. The van der Waals surface area contributed by atoms with E-state index in [-0.39, 0.29) is 5.82 Å². The summed E-state index contributed by atoms with van der Waals surface area (Å²) in [5, 5.41) is 15.1. The van der Waals surface area contributed by atoms with Crippen LogP contribution in [-0.4, -0.2) is 33.3 Å². The van der Waals surface area contributed by atoms with E-state index in [4.69, 9.17) is 0 Å². The second kappa shape index (κ2) is 5.44. The van der Waals surface area contributed by atoms with Gasteiger partial charge in [-0.15, -0.1) is 5.10 Å². The zero-order valence-corrected chi connectivity index (χ0v) is 10.6. The third kappa shape index (κ3) is 2.78. The first kappa shape index (κ1) is 12.2. The highest BCUT2D eigenvalue weighted by Crippen LogP contribution is 2.20.